The van der Waals surface area contributed by atoms with Gasteiger partial charge in [-0.3, -0.25) is 0 Å². The molecule has 2 aliphatic rings. The molecule has 21 heavy (non-hydrogen) atoms. The maximum absolute atomic E-state index is 12.0. The van der Waals surface area contributed by atoms with Crippen molar-refractivity contribution in [2.24, 2.45) is 0 Å². The summed E-state index contributed by atoms with van der Waals surface area (Å²) >= 11 is 0. The van der Waals surface area contributed by atoms with E-state index in [0.717, 1.165) is 18.4 Å². The van der Waals surface area contributed by atoms with E-state index in [1.807, 2.05) is 30.3 Å². The van der Waals surface area contributed by atoms with Crippen molar-refractivity contribution in [3.63, 3.8) is 0 Å². The Morgan fingerprint density at radius 3 is 2.62 bits per heavy atom. The third-order valence-electron chi connectivity index (χ3n) is 4.12. The fourth-order valence-electron chi connectivity index (χ4n) is 3.12. The van der Waals surface area contributed by atoms with Crippen molar-refractivity contribution in [3.05, 3.63) is 35.9 Å². The van der Waals surface area contributed by atoms with E-state index in [9.17, 15) is 10.1 Å². The highest BCUT2D eigenvalue weighted by Crippen LogP contribution is 2.38. The first-order valence-corrected chi connectivity index (χ1v) is 7.25. The van der Waals surface area contributed by atoms with Crippen LogP contribution in [0.3, 0.4) is 0 Å². The van der Waals surface area contributed by atoms with Crippen molar-refractivity contribution in [3.8, 4) is 6.07 Å². The molecule has 5 nitrogen and oxygen atoms in total. The number of carbonyl (C=O) groups excluding carboxylic acids is 1. The van der Waals surface area contributed by atoms with E-state index >= 15 is 0 Å². The molecule has 2 atom stereocenters. The average Bonchev–Trinajstić information content (AvgIpc) is 2.86. The number of rotatable bonds is 3. The second kappa shape index (κ2) is 5.74. The molecule has 3 rings (SSSR count). The first kappa shape index (κ1) is 13.9. The summed E-state index contributed by atoms with van der Waals surface area (Å²) in [5, 5.41) is 12.2. The van der Waals surface area contributed by atoms with Gasteiger partial charge in [0.2, 0.25) is 0 Å². The van der Waals surface area contributed by atoms with Crippen LogP contribution in [0.15, 0.2) is 30.3 Å². The lowest BCUT2D eigenvalue weighted by atomic mass is 9.88. The quantitative estimate of drug-likeness (QED) is 0.926. The predicted molar refractivity (Wildman–Crippen MR) is 75.2 cm³/mol. The number of benzene rings is 1. The summed E-state index contributed by atoms with van der Waals surface area (Å²) in [7, 11) is 0. The maximum Gasteiger partial charge on any atom is 0.408 e. The molecule has 0 aromatic heterocycles. The molecule has 1 amide bonds. The van der Waals surface area contributed by atoms with Gasteiger partial charge in [-0.15, -0.1) is 0 Å². The van der Waals surface area contributed by atoms with Crippen LogP contribution in [0.25, 0.3) is 0 Å². The van der Waals surface area contributed by atoms with Crippen molar-refractivity contribution in [1.82, 2.24) is 5.32 Å². The molecule has 1 aromatic rings. The number of hydrogen-bond acceptors (Lipinski definition) is 4. The maximum atomic E-state index is 12.0. The smallest absolute Gasteiger partial charge is 0.408 e. The first-order valence-electron chi connectivity index (χ1n) is 7.25. The molecule has 2 heterocycles. The van der Waals surface area contributed by atoms with Gasteiger partial charge in [-0.2, -0.15) is 5.26 Å². The molecule has 2 bridgehead atoms. The lowest BCUT2D eigenvalue weighted by Crippen LogP contribution is -2.53. The summed E-state index contributed by atoms with van der Waals surface area (Å²) in [5.74, 6) is 0. The van der Waals surface area contributed by atoms with Gasteiger partial charge in [0.1, 0.15) is 12.1 Å². The average molecular weight is 286 g/mol. The molecule has 1 N–H and O–H groups in total. The first-order chi connectivity index (χ1) is 10.2. The Balaban J connectivity index is 1.57. The highest BCUT2D eigenvalue weighted by molar-refractivity contribution is 5.69. The summed E-state index contributed by atoms with van der Waals surface area (Å²) < 4.78 is 10.9. The van der Waals surface area contributed by atoms with Crippen molar-refractivity contribution < 1.29 is 14.3 Å². The third kappa shape index (κ3) is 3.17. The van der Waals surface area contributed by atoms with E-state index < -0.39 is 11.6 Å². The normalized spacial score (nSPS) is 30.4. The van der Waals surface area contributed by atoms with Crippen LogP contribution >= 0.6 is 0 Å². The monoisotopic (exact) mass is 286 g/mol. The van der Waals surface area contributed by atoms with Crippen molar-refractivity contribution in [2.75, 3.05) is 0 Å². The van der Waals surface area contributed by atoms with Crippen molar-refractivity contribution in [2.45, 2.75) is 50.0 Å². The summed E-state index contributed by atoms with van der Waals surface area (Å²) in [4.78, 5) is 12.0. The third-order valence-corrected chi connectivity index (χ3v) is 4.12. The molecular formula is C16H18N2O3. The van der Waals surface area contributed by atoms with Crippen LogP contribution in [0.4, 0.5) is 4.79 Å². The predicted octanol–water partition coefficient (Wildman–Crippen LogP) is 2.52. The topological polar surface area (TPSA) is 71.4 Å². The van der Waals surface area contributed by atoms with Crippen molar-refractivity contribution >= 4 is 6.09 Å². The minimum Gasteiger partial charge on any atom is -0.445 e. The highest BCUT2D eigenvalue weighted by atomic mass is 16.5. The molecular weight excluding hydrogens is 268 g/mol. The van der Waals surface area contributed by atoms with Gasteiger partial charge in [0.05, 0.1) is 18.3 Å². The zero-order valence-corrected chi connectivity index (χ0v) is 11.7. The van der Waals surface area contributed by atoms with Gasteiger partial charge >= 0.3 is 6.09 Å². The number of carbonyl (C=O) groups is 1. The molecule has 5 heteroatoms. The van der Waals surface area contributed by atoms with Gasteiger partial charge in [-0.25, -0.2) is 4.79 Å². The molecule has 2 saturated heterocycles. The number of amides is 1. The van der Waals surface area contributed by atoms with Crippen LogP contribution in [-0.2, 0) is 16.1 Å². The second-order valence-electron chi connectivity index (χ2n) is 5.75. The molecule has 2 unspecified atom stereocenters. The fourth-order valence-corrected chi connectivity index (χ4v) is 3.12. The molecule has 110 valence electrons. The molecule has 0 spiro atoms. The molecule has 1 aromatic carbocycles. The highest BCUT2D eigenvalue weighted by Gasteiger charge is 2.46. The SMILES string of the molecule is N#CC1(NC(=O)OCc2ccccc2)CC2CCC(C1)O2. The van der Waals surface area contributed by atoms with Crippen molar-refractivity contribution in [1.29, 1.82) is 5.26 Å². The van der Waals surface area contributed by atoms with Gasteiger partial charge in [0.15, 0.2) is 0 Å². The molecule has 0 aliphatic carbocycles. The van der Waals surface area contributed by atoms with E-state index in [1.54, 1.807) is 0 Å². The summed E-state index contributed by atoms with van der Waals surface area (Å²) in [6, 6.07) is 11.7. The molecule has 0 saturated carbocycles. The van der Waals surface area contributed by atoms with Gasteiger partial charge in [-0.05, 0) is 18.4 Å². The number of alkyl carbamates (subject to hydrolysis) is 1. The lowest BCUT2D eigenvalue weighted by molar-refractivity contribution is -0.0242. The Hall–Kier alpha value is -2.06. The van der Waals surface area contributed by atoms with E-state index in [1.165, 1.54) is 0 Å². The molecule has 2 aliphatic heterocycles. The largest absolute Gasteiger partial charge is 0.445 e. The summed E-state index contributed by atoms with van der Waals surface area (Å²) in [5.41, 5.74) is 0.0726. The zero-order chi connectivity index (χ0) is 14.7. The van der Waals surface area contributed by atoms with E-state index in [4.69, 9.17) is 9.47 Å². The van der Waals surface area contributed by atoms with Crippen LogP contribution in [0, 0.1) is 11.3 Å². The Morgan fingerprint density at radius 2 is 2.00 bits per heavy atom. The van der Waals surface area contributed by atoms with Crippen LogP contribution in [-0.4, -0.2) is 23.8 Å². The van der Waals surface area contributed by atoms with Crippen LogP contribution < -0.4 is 5.32 Å². The number of nitrogens with zero attached hydrogens (tertiary/aromatic N) is 1. The number of nitriles is 1. The minimum absolute atomic E-state index is 0.0813. The van der Waals surface area contributed by atoms with Gasteiger partial charge in [0.25, 0.3) is 0 Å². The van der Waals surface area contributed by atoms with E-state index in [0.29, 0.717) is 12.8 Å². The Kier molecular flexibility index (Phi) is 3.80. The lowest BCUT2D eigenvalue weighted by Gasteiger charge is -2.35. The van der Waals surface area contributed by atoms with Gasteiger partial charge in [0, 0.05) is 12.8 Å². The van der Waals surface area contributed by atoms with Crippen LogP contribution in [0.1, 0.15) is 31.2 Å². The summed E-state index contributed by atoms with van der Waals surface area (Å²) in [6.07, 6.45) is 2.64. The number of fused-ring (bicyclic) bond motifs is 2. The fraction of sp³-hybridized carbons (Fsp3) is 0.500. The standard InChI is InChI=1S/C16H18N2O3/c17-11-16(8-13-6-7-14(9-16)21-13)18-15(19)20-10-12-4-2-1-3-5-12/h1-5,13-14H,6-10H2,(H,18,19). The Labute approximate surface area is 123 Å². The second-order valence-corrected chi connectivity index (χ2v) is 5.75. The number of nitrogens with one attached hydrogen (secondary N) is 1. The van der Waals surface area contributed by atoms with E-state index in [2.05, 4.69) is 11.4 Å². The van der Waals surface area contributed by atoms with Gasteiger partial charge < -0.3 is 14.8 Å². The number of ether oxygens (including phenoxy) is 2. The Bertz CT molecular complexity index is 540. The van der Waals surface area contributed by atoms with E-state index in [-0.39, 0.29) is 18.8 Å². The minimum atomic E-state index is -0.849. The summed E-state index contributed by atoms with van der Waals surface area (Å²) in [6.45, 7) is 0.206. The molecule has 2 fully saturated rings. The van der Waals surface area contributed by atoms with Gasteiger partial charge in [-0.1, -0.05) is 30.3 Å². The van der Waals surface area contributed by atoms with Crippen LogP contribution in [0.5, 0.6) is 0 Å². The molecule has 0 radical (unpaired) electrons. The zero-order valence-electron chi connectivity index (χ0n) is 11.7. The van der Waals surface area contributed by atoms with Crippen LogP contribution in [0.2, 0.25) is 0 Å². The number of hydrogen-bond donors (Lipinski definition) is 1. The Morgan fingerprint density at radius 1 is 1.33 bits per heavy atom.